The van der Waals surface area contributed by atoms with Crippen molar-refractivity contribution in [3.05, 3.63) is 42.2 Å². The Bertz CT molecular complexity index is 528. The smallest absolute Gasteiger partial charge is 0.167 e. The van der Waals surface area contributed by atoms with E-state index in [1.54, 1.807) is 6.20 Å². The van der Waals surface area contributed by atoms with Crippen LogP contribution in [0.1, 0.15) is 5.56 Å². The molecule has 1 aromatic carbocycles. The second kappa shape index (κ2) is 6.63. The van der Waals surface area contributed by atoms with Crippen molar-refractivity contribution in [2.24, 2.45) is 7.05 Å². The Morgan fingerprint density at radius 1 is 1.47 bits per heavy atom. The molecule has 0 amide bonds. The molecule has 19 heavy (non-hydrogen) atoms. The number of hydrogen-bond donors (Lipinski definition) is 1. The maximum atomic E-state index is 9.89. The molecule has 1 heterocycles. The van der Waals surface area contributed by atoms with Crippen LogP contribution in [0.5, 0.6) is 5.75 Å². The predicted octanol–water partition coefficient (Wildman–Crippen LogP) is 2.26. The summed E-state index contributed by atoms with van der Waals surface area (Å²) in [6, 6.07) is 7.81. The minimum atomic E-state index is -0.512. The zero-order valence-electron chi connectivity index (χ0n) is 11.1. The third kappa shape index (κ3) is 4.29. The molecule has 0 bridgehead atoms. The van der Waals surface area contributed by atoms with Crippen LogP contribution < -0.4 is 4.74 Å². The lowest BCUT2D eigenvalue weighted by atomic mass is 10.2. The Hall–Kier alpha value is -1.46. The molecular formula is C14H18N2O2S. The fourth-order valence-electron chi connectivity index (χ4n) is 1.61. The SMILES string of the molecule is Cc1cccc(OCC(O)CSc2nccn2C)c1. The summed E-state index contributed by atoms with van der Waals surface area (Å²) in [7, 11) is 1.94. The van der Waals surface area contributed by atoms with Crippen LogP contribution in [0.4, 0.5) is 0 Å². The Balaban J connectivity index is 1.76. The van der Waals surface area contributed by atoms with Gasteiger partial charge in [-0.15, -0.1) is 0 Å². The van der Waals surface area contributed by atoms with E-state index in [-0.39, 0.29) is 0 Å². The zero-order valence-corrected chi connectivity index (χ0v) is 11.9. The average Bonchev–Trinajstić information content (AvgIpc) is 2.80. The number of aliphatic hydroxyl groups excluding tert-OH is 1. The predicted molar refractivity (Wildman–Crippen MR) is 76.6 cm³/mol. The highest BCUT2D eigenvalue weighted by Crippen LogP contribution is 2.17. The molecular weight excluding hydrogens is 260 g/mol. The first-order chi connectivity index (χ1) is 9.15. The van der Waals surface area contributed by atoms with E-state index in [1.807, 2.05) is 49.0 Å². The summed E-state index contributed by atoms with van der Waals surface area (Å²) in [5, 5.41) is 10.8. The van der Waals surface area contributed by atoms with Gasteiger partial charge in [-0.3, -0.25) is 0 Å². The van der Waals surface area contributed by atoms with Crippen molar-refractivity contribution >= 4 is 11.8 Å². The second-order valence-electron chi connectivity index (χ2n) is 4.41. The van der Waals surface area contributed by atoms with E-state index in [9.17, 15) is 5.11 Å². The van der Waals surface area contributed by atoms with E-state index in [1.165, 1.54) is 11.8 Å². The standard InChI is InChI=1S/C14H18N2O2S/c1-11-4-3-5-13(8-11)18-9-12(17)10-19-14-15-6-7-16(14)2/h3-8,12,17H,9-10H2,1-2H3. The highest BCUT2D eigenvalue weighted by molar-refractivity contribution is 7.99. The molecule has 2 rings (SSSR count). The molecule has 5 heteroatoms. The van der Waals surface area contributed by atoms with E-state index in [0.29, 0.717) is 12.4 Å². The third-order valence-corrected chi connectivity index (χ3v) is 3.82. The van der Waals surface area contributed by atoms with Crippen LogP contribution in [0.2, 0.25) is 0 Å². The molecule has 102 valence electrons. The van der Waals surface area contributed by atoms with Crippen LogP contribution in [-0.2, 0) is 7.05 Å². The summed E-state index contributed by atoms with van der Waals surface area (Å²) in [5.74, 6) is 1.36. The highest BCUT2D eigenvalue weighted by Gasteiger charge is 2.08. The minimum absolute atomic E-state index is 0.293. The lowest BCUT2D eigenvalue weighted by molar-refractivity contribution is 0.126. The third-order valence-electron chi connectivity index (χ3n) is 2.61. The van der Waals surface area contributed by atoms with Crippen molar-refractivity contribution < 1.29 is 9.84 Å². The Morgan fingerprint density at radius 3 is 3.00 bits per heavy atom. The van der Waals surface area contributed by atoms with Crippen molar-refractivity contribution in [1.82, 2.24) is 9.55 Å². The monoisotopic (exact) mass is 278 g/mol. The lowest BCUT2D eigenvalue weighted by Crippen LogP contribution is -2.20. The van der Waals surface area contributed by atoms with Gasteiger partial charge in [-0.1, -0.05) is 23.9 Å². The van der Waals surface area contributed by atoms with Crippen molar-refractivity contribution in [2.45, 2.75) is 18.2 Å². The number of thioether (sulfide) groups is 1. The second-order valence-corrected chi connectivity index (χ2v) is 5.40. The van der Waals surface area contributed by atoms with Crippen molar-refractivity contribution in [3.8, 4) is 5.75 Å². The Labute approximate surface area is 117 Å². The number of hydrogen-bond acceptors (Lipinski definition) is 4. The lowest BCUT2D eigenvalue weighted by Gasteiger charge is -2.12. The number of aromatic nitrogens is 2. The molecule has 0 spiro atoms. The van der Waals surface area contributed by atoms with Gasteiger partial charge >= 0.3 is 0 Å². The van der Waals surface area contributed by atoms with Gasteiger partial charge in [-0.2, -0.15) is 0 Å². The fraction of sp³-hybridized carbons (Fsp3) is 0.357. The van der Waals surface area contributed by atoms with Crippen LogP contribution in [0.3, 0.4) is 0 Å². The number of benzene rings is 1. The number of aliphatic hydroxyl groups is 1. The van der Waals surface area contributed by atoms with E-state index >= 15 is 0 Å². The fourth-order valence-corrected chi connectivity index (χ4v) is 2.44. The summed E-state index contributed by atoms with van der Waals surface area (Å²) in [4.78, 5) is 4.19. The van der Waals surface area contributed by atoms with Crippen LogP contribution >= 0.6 is 11.8 Å². The molecule has 4 nitrogen and oxygen atoms in total. The van der Waals surface area contributed by atoms with E-state index in [2.05, 4.69) is 4.98 Å². The van der Waals surface area contributed by atoms with Gasteiger partial charge in [0.05, 0.1) is 6.10 Å². The van der Waals surface area contributed by atoms with Gasteiger partial charge in [-0.05, 0) is 24.6 Å². The van der Waals surface area contributed by atoms with Gasteiger partial charge in [0.15, 0.2) is 5.16 Å². The zero-order chi connectivity index (χ0) is 13.7. The molecule has 0 saturated heterocycles. The van der Waals surface area contributed by atoms with E-state index in [0.717, 1.165) is 16.5 Å². The van der Waals surface area contributed by atoms with Crippen LogP contribution in [-0.4, -0.2) is 33.1 Å². The molecule has 0 aliphatic carbocycles. The summed E-state index contributed by atoms with van der Waals surface area (Å²) < 4.78 is 7.49. The summed E-state index contributed by atoms with van der Waals surface area (Å²) in [6.45, 7) is 2.31. The van der Waals surface area contributed by atoms with Gasteiger partial charge in [0.25, 0.3) is 0 Å². The highest BCUT2D eigenvalue weighted by atomic mass is 32.2. The molecule has 0 fully saturated rings. The number of nitrogens with zero attached hydrogens (tertiary/aromatic N) is 2. The van der Waals surface area contributed by atoms with Crippen LogP contribution in [0.25, 0.3) is 0 Å². The number of ether oxygens (including phenoxy) is 1. The first-order valence-electron chi connectivity index (χ1n) is 6.13. The molecule has 1 N–H and O–H groups in total. The van der Waals surface area contributed by atoms with Crippen molar-refractivity contribution in [3.63, 3.8) is 0 Å². The van der Waals surface area contributed by atoms with Gasteiger partial charge in [0, 0.05) is 25.2 Å². The van der Waals surface area contributed by atoms with Crippen LogP contribution in [0.15, 0.2) is 41.8 Å². The minimum Gasteiger partial charge on any atom is -0.491 e. The number of aryl methyl sites for hydroxylation is 2. The normalized spacial score (nSPS) is 12.4. The first-order valence-corrected chi connectivity index (χ1v) is 7.11. The van der Waals surface area contributed by atoms with E-state index in [4.69, 9.17) is 4.74 Å². The number of rotatable bonds is 6. The Kier molecular flexibility index (Phi) is 4.87. The van der Waals surface area contributed by atoms with Crippen LogP contribution in [0, 0.1) is 6.92 Å². The Morgan fingerprint density at radius 2 is 2.32 bits per heavy atom. The molecule has 1 unspecified atom stereocenters. The molecule has 0 radical (unpaired) electrons. The van der Waals surface area contributed by atoms with Crippen molar-refractivity contribution in [1.29, 1.82) is 0 Å². The maximum Gasteiger partial charge on any atom is 0.167 e. The maximum absolute atomic E-state index is 9.89. The molecule has 0 aliphatic heterocycles. The van der Waals surface area contributed by atoms with Gasteiger partial charge in [0.1, 0.15) is 12.4 Å². The largest absolute Gasteiger partial charge is 0.491 e. The van der Waals surface area contributed by atoms with Crippen molar-refractivity contribution in [2.75, 3.05) is 12.4 Å². The molecule has 1 atom stereocenters. The van der Waals surface area contributed by atoms with Gasteiger partial charge in [-0.25, -0.2) is 4.98 Å². The summed E-state index contributed by atoms with van der Waals surface area (Å²) >= 11 is 1.52. The average molecular weight is 278 g/mol. The quantitative estimate of drug-likeness (QED) is 0.823. The number of imidazole rings is 1. The van der Waals surface area contributed by atoms with Gasteiger partial charge in [0.2, 0.25) is 0 Å². The first kappa shape index (κ1) is 14.0. The van der Waals surface area contributed by atoms with Gasteiger partial charge < -0.3 is 14.4 Å². The van der Waals surface area contributed by atoms with E-state index < -0.39 is 6.10 Å². The topological polar surface area (TPSA) is 47.3 Å². The summed E-state index contributed by atoms with van der Waals surface area (Å²) in [5.41, 5.74) is 1.15. The molecule has 0 saturated carbocycles. The molecule has 1 aromatic heterocycles. The molecule has 0 aliphatic rings. The molecule has 2 aromatic rings. The summed E-state index contributed by atoms with van der Waals surface area (Å²) in [6.07, 6.45) is 3.12.